The van der Waals surface area contributed by atoms with Crippen LogP contribution in [-0.4, -0.2) is 37.0 Å². The van der Waals surface area contributed by atoms with Gasteiger partial charge in [-0.2, -0.15) is 0 Å². The molecule has 0 aromatic carbocycles. The largest absolute Gasteiger partial charge is 0.505 e. The van der Waals surface area contributed by atoms with Crippen LogP contribution in [0.1, 0.15) is 26.5 Å². The van der Waals surface area contributed by atoms with Crippen LogP contribution in [0, 0.1) is 0 Å². The first-order valence-electron chi connectivity index (χ1n) is 7.86. The minimum absolute atomic E-state index is 0.0828. The third kappa shape index (κ3) is 4.34. The molecule has 3 aromatic rings. The predicted molar refractivity (Wildman–Crippen MR) is 95.2 cm³/mol. The highest BCUT2D eigenvalue weighted by Gasteiger charge is 2.14. The third-order valence-corrected chi connectivity index (χ3v) is 3.51. The first-order valence-corrected chi connectivity index (χ1v) is 7.86. The summed E-state index contributed by atoms with van der Waals surface area (Å²) in [6.07, 6.45) is 5.74. The normalized spacial score (nSPS) is 10.2. The fourth-order valence-electron chi connectivity index (χ4n) is 2.25. The number of rotatable bonds is 5. The monoisotopic (exact) mass is 365 g/mol. The van der Waals surface area contributed by atoms with E-state index in [2.05, 4.69) is 25.6 Å². The molecule has 136 valence electrons. The van der Waals surface area contributed by atoms with Crippen molar-refractivity contribution in [3.05, 3.63) is 72.1 Å². The van der Waals surface area contributed by atoms with Crippen LogP contribution in [0.25, 0.3) is 0 Å². The van der Waals surface area contributed by atoms with Crippen LogP contribution >= 0.6 is 0 Å². The van der Waals surface area contributed by atoms with Gasteiger partial charge in [0.05, 0.1) is 11.9 Å². The number of carbonyl (C=O) groups excluding carboxylic acids is 2. The van der Waals surface area contributed by atoms with E-state index < -0.39 is 11.8 Å². The number of nitrogens with one attached hydrogen (secondary N) is 2. The van der Waals surface area contributed by atoms with Gasteiger partial charge in [-0.15, -0.1) is 0 Å². The Morgan fingerprint density at radius 2 is 1.56 bits per heavy atom. The Morgan fingerprint density at radius 3 is 2.19 bits per heavy atom. The van der Waals surface area contributed by atoms with E-state index in [0.29, 0.717) is 11.3 Å². The van der Waals surface area contributed by atoms with Crippen molar-refractivity contribution in [3.8, 4) is 11.5 Å². The van der Waals surface area contributed by atoms with E-state index in [9.17, 15) is 19.8 Å². The summed E-state index contributed by atoms with van der Waals surface area (Å²) in [4.78, 5) is 35.9. The molecule has 27 heavy (non-hydrogen) atoms. The molecule has 0 atom stereocenters. The Balaban J connectivity index is 1.65. The molecule has 9 nitrogen and oxygen atoms in total. The van der Waals surface area contributed by atoms with Crippen molar-refractivity contribution < 1.29 is 19.8 Å². The highest BCUT2D eigenvalue weighted by molar-refractivity contribution is 6.04. The molecule has 0 fully saturated rings. The van der Waals surface area contributed by atoms with E-state index in [0.717, 1.165) is 0 Å². The standard InChI is InChI=1S/C18H15N5O4/c24-13-3-1-5-20-15(13)17(26)22-9-11-7-12(10-19-8-11)23-18(27)16-14(25)4-2-6-21-16/h1-8,10,24-25H,9H2,(H,22,26)(H,23,27). The number of aromatic nitrogens is 3. The lowest BCUT2D eigenvalue weighted by molar-refractivity contribution is 0.0942. The van der Waals surface area contributed by atoms with Crippen LogP contribution in [0.4, 0.5) is 5.69 Å². The van der Waals surface area contributed by atoms with Crippen LogP contribution in [0.3, 0.4) is 0 Å². The van der Waals surface area contributed by atoms with Gasteiger partial charge in [0.15, 0.2) is 11.4 Å². The van der Waals surface area contributed by atoms with Crippen LogP contribution in [0.5, 0.6) is 11.5 Å². The summed E-state index contributed by atoms with van der Waals surface area (Å²) in [6, 6.07) is 7.37. The van der Waals surface area contributed by atoms with Crippen molar-refractivity contribution in [3.63, 3.8) is 0 Å². The number of aromatic hydroxyl groups is 2. The van der Waals surface area contributed by atoms with Crippen molar-refractivity contribution in [2.75, 3.05) is 5.32 Å². The van der Waals surface area contributed by atoms with Gasteiger partial charge >= 0.3 is 0 Å². The zero-order chi connectivity index (χ0) is 19.2. The summed E-state index contributed by atoms with van der Waals surface area (Å²) >= 11 is 0. The van der Waals surface area contributed by atoms with E-state index in [4.69, 9.17) is 0 Å². The zero-order valence-corrected chi connectivity index (χ0v) is 14.0. The summed E-state index contributed by atoms with van der Waals surface area (Å²) in [5.41, 5.74) is 0.793. The second-order valence-corrected chi connectivity index (χ2v) is 5.46. The molecule has 4 N–H and O–H groups in total. The van der Waals surface area contributed by atoms with Gasteiger partial charge in [-0.25, -0.2) is 9.97 Å². The number of carbonyl (C=O) groups is 2. The van der Waals surface area contributed by atoms with E-state index in [-0.39, 0.29) is 29.4 Å². The lowest BCUT2D eigenvalue weighted by atomic mass is 10.2. The molecule has 0 aliphatic carbocycles. The number of anilines is 1. The molecule has 0 aliphatic heterocycles. The second-order valence-electron chi connectivity index (χ2n) is 5.46. The summed E-state index contributed by atoms with van der Waals surface area (Å²) in [7, 11) is 0. The molecule has 0 bridgehead atoms. The molecular weight excluding hydrogens is 350 g/mol. The Morgan fingerprint density at radius 1 is 0.926 bits per heavy atom. The van der Waals surface area contributed by atoms with Gasteiger partial charge < -0.3 is 20.8 Å². The maximum Gasteiger partial charge on any atom is 0.278 e. The zero-order valence-electron chi connectivity index (χ0n) is 14.0. The summed E-state index contributed by atoms with van der Waals surface area (Å²) in [6.45, 7) is 0.112. The Labute approximate surface area is 153 Å². The van der Waals surface area contributed by atoms with Crippen molar-refractivity contribution in [1.82, 2.24) is 20.3 Å². The first kappa shape index (κ1) is 17.8. The van der Waals surface area contributed by atoms with Gasteiger partial charge in [0.2, 0.25) is 0 Å². The maximum atomic E-state index is 12.2. The minimum atomic E-state index is -0.588. The van der Waals surface area contributed by atoms with Crippen LogP contribution < -0.4 is 10.6 Å². The average Bonchev–Trinajstić information content (AvgIpc) is 2.67. The lowest BCUT2D eigenvalue weighted by Gasteiger charge is -2.09. The Kier molecular flexibility index (Phi) is 5.22. The molecule has 0 aliphatic rings. The van der Waals surface area contributed by atoms with Gasteiger partial charge in [0.25, 0.3) is 11.8 Å². The molecule has 3 aromatic heterocycles. The molecule has 0 spiro atoms. The predicted octanol–water partition coefficient (Wildman–Crippen LogP) is 1.47. The lowest BCUT2D eigenvalue weighted by Crippen LogP contribution is -2.24. The van der Waals surface area contributed by atoms with Gasteiger partial charge in [0, 0.05) is 25.1 Å². The highest BCUT2D eigenvalue weighted by Crippen LogP contribution is 2.16. The van der Waals surface area contributed by atoms with Crippen LogP contribution in [0.15, 0.2) is 55.1 Å². The number of hydrogen-bond donors (Lipinski definition) is 4. The fraction of sp³-hybridized carbons (Fsp3) is 0.0556. The smallest absolute Gasteiger partial charge is 0.278 e. The number of pyridine rings is 3. The average molecular weight is 365 g/mol. The minimum Gasteiger partial charge on any atom is -0.505 e. The van der Waals surface area contributed by atoms with E-state index >= 15 is 0 Å². The SMILES string of the molecule is O=C(NCc1cncc(NC(=O)c2ncccc2O)c1)c1ncccc1O. The topological polar surface area (TPSA) is 137 Å². The van der Waals surface area contributed by atoms with Crippen molar-refractivity contribution in [2.24, 2.45) is 0 Å². The van der Waals surface area contributed by atoms with Crippen LogP contribution in [-0.2, 0) is 6.54 Å². The Hall–Kier alpha value is -4.01. The van der Waals surface area contributed by atoms with E-state index in [1.165, 1.54) is 49.1 Å². The summed E-state index contributed by atoms with van der Waals surface area (Å²) < 4.78 is 0. The maximum absolute atomic E-state index is 12.2. The number of amides is 2. The summed E-state index contributed by atoms with van der Waals surface area (Å²) in [5, 5.41) is 24.5. The Bertz CT molecular complexity index is 993. The fourth-order valence-corrected chi connectivity index (χ4v) is 2.25. The van der Waals surface area contributed by atoms with Crippen molar-refractivity contribution >= 4 is 17.5 Å². The molecule has 3 heterocycles. The van der Waals surface area contributed by atoms with E-state index in [1.807, 2.05) is 0 Å². The molecule has 0 saturated carbocycles. The van der Waals surface area contributed by atoms with Gasteiger partial charge in [0.1, 0.15) is 11.5 Å². The third-order valence-electron chi connectivity index (χ3n) is 3.51. The van der Waals surface area contributed by atoms with Gasteiger partial charge in [-0.1, -0.05) is 0 Å². The first-order chi connectivity index (χ1) is 13.0. The van der Waals surface area contributed by atoms with Gasteiger partial charge in [-0.3, -0.25) is 14.6 Å². The highest BCUT2D eigenvalue weighted by atomic mass is 16.3. The summed E-state index contributed by atoms with van der Waals surface area (Å²) in [5.74, 6) is -1.58. The molecule has 0 unspecified atom stereocenters. The van der Waals surface area contributed by atoms with Crippen LogP contribution in [0.2, 0.25) is 0 Å². The molecule has 3 rings (SSSR count). The van der Waals surface area contributed by atoms with Crippen molar-refractivity contribution in [1.29, 1.82) is 0 Å². The molecular formula is C18H15N5O4. The van der Waals surface area contributed by atoms with E-state index in [1.54, 1.807) is 6.07 Å². The molecule has 0 radical (unpaired) electrons. The second kappa shape index (κ2) is 7.91. The molecule has 0 saturated heterocycles. The van der Waals surface area contributed by atoms with Crippen molar-refractivity contribution in [2.45, 2.75) is 6.54 Å². The number of nitrogens with zero attached hydrogens (tertiary/aromatic N) is 3. The molecule has 9 heteroatoms. The van der Waals surface area contributed by atoms with Gasteiger partial charge in [-0.05, 0) is 35.9 Å². The molecule has 2 amide bonds. The quantitative estimate of drug-likeness (QED) is 0.537. The number of hydrogen-bond acceptors (Lipinski definition) is 7.